The van der Waals surface area contributed by atoms with Gasteiger partial charge in [-0.05, 0) is 12.8 Å². The molecule has 0 aromatic carbocycles. The Morgan fingerprint density at radius 1 is 1.45 bits per heavy atom. The largest absolute Gasteiger partial charge is 0.375 e. The van der Waals surface area contributed by atoms with E-state index in [0.29, 0.717) is 0 Å². The number of nitrogens with zero attached hydrogens (tertiary/aromatic N) is 3. The molecule has 3 heterocycles. The van der Waals surface area contributed by atoms with Crippen LogP contribution in [0.15, 0.2) is 11.6 Å². The standard InChI is InChI=1S/C15H23N3O3S/c1-20-11-14(19)18-5-2-15(3-6-18)12-17(7-8-21-15)10-13-16-4-9-22-13/h4,9H,2-3,5-8,10-12H2,1H3. The van der Waals surface area contributed by atoms with Crippen LogP contribution in [0.2, 0.25) is 0 Å². The zero-order valence-corrected chi connectivity index (χ0v) is 13.8. The zero-order chi connectivity index (χ0) is 15.4. The van der Waals surface area contributed by atoms with Crippen LogP contribution in [-0.2, 0) is 20.8 Å². The summed E-state index contributed by atoms with van der Waals surface area (Å²) in [5.41, 5.74) is -0.0979. The Hall–Kier alpha value is -1.02. The highest BCUT2D eigenvalue weighted by Crippen LogP contribution is 2.30. The van der Waals surface area contributed by atoms with E-state index in [9.17, 15) is 4.79 Å². The number of aromatic nitrogens is 1. The van der Waals surface area contributed by atoms with Crippen LogP contribution >= 0.6 is 11.3 Å². The summed E-state index contributed by atoms with van der Waals surface area (Å²) in [7, 11) is 1.56. The van der Waals surface area contributed by atoms with Gasteiger partial charge in [0.05, 0.1) is 18.8 Å². The molecule has 0 N–H and O–H groups in total. The second-order valence-corrected chi connectivity index (χ2v) is 6.96. The fourth-order valence-electron chi connectivity index (χ4n) is 3.26. The highest BCUT2D eigenvalue weighted by atomic mass is 32.1. The smallest absolute Gasteiger partial charge is 0.248 e. The number of morpholine rings is 1. The van der Waals surface area contributed by atoms with Gasteiger partial charge in [0.25, 0.3) is 0 Å². The number of thiazole rings is 1. The van der Waals surface area contributed by atoms with Gasteiger partial charge in [-0.2, -0.15) is 0 Å². The predicted molar refractivity (Wildman–Crippen MR) is 83.8 cm³/mol. The SMILES string of the molecule is COCC(=O)N1CCC2(CC1)CN(Cc1nccs1)CCO2. The summed E-state index contributed by atoms with van der Waals surface area (Å²) in [6.45, 7) is 5.23. The molecular formula is C15H23N3O3S. The minimum atomic E-state index is -0.0979. The quantitative estimate of drug-likeness (QED) is 0.826. The average molecular weight is 325 g/mol. The van der Waals surface area contributed by atoms with E-state index in [0.717, 1.165) is 57.2 Å². The molecule has 1 aromatic rings. The number of hydrogen-bond donors (Lipinski definition) is 0. The average Bonchev–Trinajstić information content (AvgIpc) is 3.01. The minimum absolute atomic E-state index is 0.0767. The van der Waals surface area contributed by atoms with Crippen LogP contribution in [0.4, 0.5) is 0 Å². The Balaban J connectivity index is 1.54. The molecule has 0 radical (unpaired) electrons. The highest BCUT2D eigenvalue weighted by molar-refractivity contribution is 7.09. The maximum absolute atomic E-state index is 11.9. The Labute approximate surface area is 135 Å². The monoisotopic (exact) mass is 325 g/mol. The third-order valence-electron chi connectivity index (χ3n) is 4.47. The van der Waals surface area contributed by atoms with Gasteiger partial charge in [0.2, 0.25) is 5.91 Å². The van der Waals surface area contributed by atoms with E-state index in [-0.39, 0.29) is 18.1 Å². The molecule has 22 heavy (non-hydrogen) atoms. The summed E-state index contributed by atoms with van der Waals surface area (Å²) in [6, 6.07) is 0. The van der Waals surface area contributed by atoms with Gasteiger partial charge in [-0.1, -0.05) is 0 Å². The number of carbonyl (C=O) groups excluding carboxylic acids is 1. The summed E-state index contributed by atoms with van der Waals surface area (Å²) >= 11 is 1.70. The molecule has 2 fully saturated rings. The maximum Gasteiger partial charge on any atom is 0.248 e. The van der Waals surface area contributed by atoms with Crippen molar-refractivity contribution < 1.29 is 14.3 Å². The van der Waals surface area contributed by atoms with Gasteiger partial charge < -0.3 is 14.4 Å². The molecule has 0 aliphatic carbocycles. The number of ether oxygens (including phenoxy) is 2. The van der Waals surface area contributed by atoms with Crippen LogP contribution in [0.5, 0.6) is 0 Å². The zero-order valence-electron chi connectivity index (χ0n) is 13.0. The second kappa shape index (κ2) is 7.04. The highest BCUT2D eigenvalue weighted by Gasteiger charge is 2.40. The number of methoxy groups -OCH3 is 1. The van der Waals surface area contributed by atoms with Crippen molar-refractivity contribution in [2.45, 2.75) is 25.0 Å². The van der Waals surface area contributed by atoms with E-state index in [1.54, 1.807) is 18.4 Å². The van der Waals surface area contributed by atoms with Crippen molar-refractivity contribution in [3.8, 4) is 0 Å². The molecule has 122 valence electrons. The van der Waals surface area contributed by atoms with E-state index in [4.69, 9.17) is 9.47 Å². The van der Waals surface area contributed by atoms with Crippen molar-refractivity contribution in [3.63, 3.8) is 0 Å². The van der Waals surface area contributed by atoms with Gasteiger partial charge in [-0.3, -0.25) is 9.69 Å². The normalized spacial score (nSPS) is 22.1. The first-order valence-corrected chi connectivity index (χ1v) is 8.60. The molecule has 1 spiro atoms. The van der Waals surface area contributed by atoms with Crippen molar-refractivity contribution >= 4 is 17.2 Å². The fraction of sp³-hybridized carbons (Fsp3) is 0.733. The molecule has 1 amide bonds. The summed E-state index contributed by atoms with van der Waals surface area (Å²) in [4.78, 5) is 20.6. The van der Waals surface area contributed by atoms with Crippen LogP contribution in [-0.4, -0.2) is 72.8 Å². The van der Waals surface area contributed by atoms with E-state index >= 15 is 0 Å². The Morgan fingerprint density at radius 3 is 2.95 bits per heavy atom. The maximum atomic E-state index is 11.9. The van der Waals surface area contributed by atoms with Gasteiger partial charge in [-0.25, -0.2) is 4.98 Å². The number of amides is 1. The van der Waals surface area contributed by atoms with Crippen LogP contribution in [0.25, 0.3) is 0 Å². The fourth-order valence-corrected chi connectivity index (χ4v) is 3.92. The van der Waals surface area contributed by atoms with Crippen LogP contribution in [0, 0.1) is 0 Å². The van der Waals surface area contributed by atoms with Crippen molar-refractivity contribution in [1.82, 2.24) is 14.8 Å². The summed E-state index contributed by atoms with van der Waals surface area (Å²) in [5.74, 6) is 0.0767. The summed E-state index contributed by atoms with van der Waals surface area (Å²) < 4.78 is 11.0. The first-order chi connectivity index (χ1) is 10.7. The van der Waals surface area contributed by atoms with Crippen LogP contribution in [0.1, 0.15) is 17.8 Å². The lowest BCUT2D eigenvalue weighted by Gasteiger charge is -2.47. The molecule has 3 rings (SSSR count). The van der Waals surface area contributed by atoms with Crippen molar-refractivity contribution in [2.75, 3.05) is 46.5 Å². The van der Waals surface area contributed by atoms with Gasteiger partial charge in [-0.15, -0.1) is 11.3 Å². The summed E-state index contributed by atoms with van der Waals surface area (Å²) in [6.07, 6.45) is 3.66. The third-order valence-corrected chi connectivity index (χ3v) is 5.23. The number of rotatable bonds is 4. The molecule has 0 bridgehead atoms. The number of likely N-dealkylation sites (tertiary alicyclic amines) is 1. The van der Waals surface area contributed by atoms with Gasteiger partial charge >= 0.3 is 0 Å². The Kier molecular flexibility index (Phi) is 5.07. The molecule has 0 atom stereocenters. The topological polar surface area (TPSA) is 54.9 Å². The minimum Gasteiger partial charge on any atom is -0.375 e. The molecule has 7 heteroatoms. The Bertz CT molecular complexity index is 486. The van der Waals surface area contributed by atoms with Crippen molar-refractivity contribution in [3.05, 3.63) is 16.6 Å². The van der Waals surface area contributed by atoms with Crippen LogP contribution in [0.3, 0.4) is 0 Å². The molecule has 2 aliphatic heterocycles. The van der Waals surface area contributed by atoms with E-state index < -0.39 is 0 Å². The van der Waals surface area contributed by atoms with E-state index in [1.165, 1.54) is 0 Å². The molecule has 2 aliphatic rings. The molecule has 6 nitrogen and oxygen atoms in total. The number of carbonyl (C=O) groups is 1. The third kappa shape index (κ3) is 3.65. The van der Waals surface area contributed by atoms with E-state index in [1.807, 2.05) is 16.5 Å². The van der Waals surface area contributed by atoms with Gasteiger partial charge in [0.15, 0.2) is 0 Å². The van der Waals surface area contributed by atoms with Crippen molar-refractivity contribution in [1.29, 1.82) is 0 Å². The molecule has 1 aromatic heterocycles. The Morgan fingerprint density at radius 2 is 2.27 bits per heavy atom. The first-order valence-electron chi connectivity index (χ1n) is 7.72. The van der Waals surface area contributed by atoms with Crippen LogP contribution < -0.4 is 0 Å². The van der Waals surface area contributed by atoms with E-state index in [2.05, 4.69) is 9.88 Å². The lowest BCUT2D eigenvalue weighted by molar-refractivity contribution is -0.153. The van der Waals surface area contributed by atoms with Gasteiger partial charge in [0, 0.05) is 44.9 Å². The molecule has 0 saturated carbocycles. The molecule has 2 saturated heterocycles. The first kappa shape index (κ1) is 15.9. The molecular weight excluding hydrogens is 302 g/mol. The predicted octanol–water partition coefficient (Wildman–Crippen LogP) is 0.983. The second-order valence-electron chi connectivity index (χ2n) is 5.98. The lowest BCUT2D eigenvalue weighted by atomic mass is 9.89. The van der Waals surface area contributed by atoms with Gasteiger partial charge in [0.1, 0.15) is 11.6 Å². The molecule has 0 unspecified atom stereocenters. The summed E-state index contributed by atoms with van der Waals surface area (Å²) in [5, 5.41) is 3.18. The van der Waals surface area contributed by atoms with Crippen molar-refractivity contribution in [2.24, 2.45) is 0 Å². The lowest BCUT2D eigenvalue weighted by Crippen LogP contribution is -2.57. The number of hydrogen-bond acceptors (Lipinski definition) is 6. The number of piperidine rings is 1.